The van der Waals surface area contributed by atoms with Crippen molar-refractivity contribution in [1.29, 1.82) is 0 Å². The molecular formula is C15H18N2O3. The molecule has 1 amide bonds. The molecule has 106 valence electrons. The zero-order chi connectivity index (χ0) is 14.1. The van der Waals surface area contributed by atoms with E-state index < -0.39 is 11.9 Å². The molecule has 0 unspecified atom stereocenters. The van der Waals surface area contributed by atoms with Gasteiger partial charge in [0.1, 0.15) is 0 Å². The van der Waals surface area contributed by atoms with Crippen LogP contribution in [0.4, 0.5) is 11.4 Å². The van der Waals surface area contributed by atoms with Gasteiger partial charge in [0.25, 0.3) is 0 Å². The zero-order valence-corrected chi connectivity index (χ0v) is 11.2. The van der Waals surface area contributed by atoms with Gasteiger partial charge in [-0.1, -0.05) is 0 Å². The molecule has 1 aromatic rings. The SMILES string of the molecule is O=C(O)[C@H]1C[C@H]1C(=O)Nc1ccc(N2CCCC2)cc1. The summed E-state index contributed by atoms with van der Waals surface area (Å²) in [5.41, 5.74) is 1.91. The average molecular weight is 274 g/mol. The Labute approximate surface area is 117 Å². The molecule has 3 rings (SSSR count). The first-order chi connectivity index (χ1) is 9.65. The number of amides is 1. The maximum absolute atomic E-state index is 11.8. The minimum Gasteiger partial charge on any atom is -0.481 e. The molecule has 1 aliphatic carbocycles. The van der Waals surface area contributed by atoms with E-state index in [1.807, 2.05) is 24.3 Å². The standard InChI is InChI=1S/C15H18N2O3/c18-14(12-9-13(12)15(19)20)16-10-3-5-11(6-4-10)17-7-1-2-8-17/h3-6,12-13H,1-2,7-9H2,(H,16,18)(H,19,20)/t12-,13+/m1/s1. The fourth-order valence-electron chi connectivity index (χ4n) is 2.72. The van der Waals surface area contributed by atoms with Crippen LogP contribution in [-0.4, -0.2) is 30.1 Å². The number of hydrogen-bond acceptors (Lipinski definition) is 3. The number of carboxylic acid groups (broad SMARTS) is 1. The van der Waals surface area contributed by atoms with E-state index in [9.17, 15) is 9.59 Å². The lowest BCUT2D eigenvalue weighted by Crippen LogP contribution is -2.18. The molecule has 20 heavy (non-hydrogen) atoms. The van der Waals surface area contributed by atoms with Gasteiger partial charge in [-0.05, 0) is 43.5 Å². The van der Waals surface area contributed by atoms with Crippen LogP contribution in [-0.2, 0) is 9.59 Å². The predicted molar refractivity (Wildman–Crippen MR) is 75.8 cm³/mol. The van der Waals surface area contributed by atoms with E-state index in [4.69, 9.17) is 5.11 Å². The van der Waals surface area contributed by atoms with Crippen LogP contribution in [0.15, 0.2) is 24.3 Å². The normalized spacial score (nSPS) is 24.5. The maximum Gasteiger partial charge on any atom is 0.307 e. The molecule has 0 spiro atoms. The quantitative estimate of drug-likeness (QED) is 0.880. The molecule has 1 aromatic carbocycles. The molecular weight excluding hydrogens is 256 g/mol. The number of hydrogen-bond donors (Lipinski definition) is 2. The summed E-state index contributed by atoms with van der Waals surface area (Å²) in [4.78, 5) is 24.9. The van der Waals surface area contributed by atoms with Gasteiger partial charge >= 0.3 is 5.97 Å². The van der Waals surface area contributed by atoms with E-state index in [2.05, 4.69) is 10.2 Å². The smallest absolute Gasteiger partial charge is 0.307 e. The van der Waals surface area contributed by atoms with E-state index in [-0.39, 0.29) is 11.8 Å². The van der Waals surface area contributed by atoms with E-state index in [1.165, 1.54) is 18.5 Å². The molecule has 1 aliphatic heterocycles. The van der Waals surface area contributed by atoms with Gasteiger partial charge in [0.05, 0.1) is 11.8 Å². The second kappa shape index (κ2) is 5.15. The molecule has 0 bridgehead atoms. The Morgan fingerprint density at radius 3 is 2.30 bits per heavy atom. The minimum absolute atomic E-state index is 0.189. The summed E-state index contributed by atoms with van der Waals surface area (Å²) in [5.74, 6) is -1.94. The number of carboxylic acids is 1. The summed E-state index contributed by atoms with van der Waals surface area (Å²) in [5, 5.41) is 11.6. The van der Waals surface area contributed by atoms with Gasteiger partial charge in [-0.3, -0.25) is 9.59 Å². The Kier molecular flexibility index (Phi) is 3.34. The number of nitrogens with one attached hydrogen (secondary N) is 1. The van der Waals surface area contributed by atoms with Crippen molar-refractivity contribution in [2.75, 3.05) is 23.3 Å². The van der Waals surface area contributed by atoms with Crippen molar-refractivity contribution in [3.05, 3.63) is 24.3 Å². The van der Waals surface area contributed by atoms with Crippen molar-refractivity contribution in [2.24, 2.45) is 11.8 Å². The van der Waals surface area contributed by atoms with Gasteiger partial charge < -0.3 is 15.3 Å². The largest absolute Gasteiger partial charge is 0.481 e. The van der Waals surface area contributed by atoms with Gasteiger partial charge in [0.2, 0.25) is 5.91 Å². The molecule has 1 saturated carbocycles. The van der Waals surface area contributed by atoms with Crippen LogP contribution in [0.1, 0.15) is 19.3 Å². The lowest BCUT2D eigenvalue weighted by molar-refractivity contribution is -0.139. The third-order valence-electron chi connectivity index (χ3n) is 4.05. The molecule has 5 heteroatoms. The summed E-state index contributed by atoms with van der Waals surface area (Å²) in [6.45, 7) is 2.18. The van der Waals surface area contributed by atoms with Crippen LogP contribution in [0.25, 0.3) is 0 Å². The molecule has 0 radical (unpaired) electrons. The Bertz CT molecular complexity index is 520. The zero-order valence-electron chi connectivity index (χ0n) is 11.2. The van der Waals surface area contributed by atoms with E-state index >= 15 is 0 Å². The Balaban J connectivity index is 1.58. The number of benzene rings is 1. The molecule has 1 heterocycles. The van der Waals surface area contributed by atoms with Gasteiger partial charge in [0, 0.05) is 24.5 Å². The van der Waals surface area contributed by atoms with E-state index in [0.717, 1.165) is 18.8 Å². The Morgan fingerprint density at radius 2 is 1.75 bits per heavy atom. The van der Waals surface area contributed by atoms with Gasteiger partial charge in [0.15, 0.2) is 0 Å². The molecule has 2 atom stereocenters. The average Bonchev–Trinajstić information content (AvgIpc) is 3.07. The predicted octanol–water partition coefficient (Wildman–Crippen LogP) is 1.95. The van der Waals surface area contributed by atoms with Crippen LogP contribution in [0, 0.1) is 11.8 Å². The second-order valence-electron chi connectivity index (χ2n) is 5.52. The van der Waals surface area contributed by atoms with Gasteiger partial charge in [-0.25, -0.2) is 0 Å². The number of carbonyl (C=O) groups is 2. The van der Waals surface area contributed by atoms with Crippen LogP contribution in [0.5, 0.6) is 0 Å². The first-order valence-electron chi connectivity index (χ1n) is 7.04. The number of carbonyl (C=O) groups excluding carboxylic acids is 1. The third kappa shape index (κ3) is 2.61. The molecule has 2 aliphatic rings. The lowest BCUT2D eigenvalue weighted by atomic mass is 10.2. The van der Waals surface area contributed by atoms with Crippen LogP contribution < -0.4 is 10.2 Å². The van der Waals surface area contributed by atoms with Crippen molar-refractivity contribution in [2.45, 2.75) is 19.3 Å². The molecule has 2 fully saturated rings. The summed E-state index contributed by atoms with van der Waals surface area (Å²) < 4.78 is 0. The summed E-state index contributed by atoms with van der Waals surface area (Å²) in [7, 11) is 0. The Hall–Kier alpha value is -2.04. The monoisotopic (exact) mass is 274 g/mol. The lowest BCUT2D eigenvalue weighted by Gasteiger charge is -2.17. The van der Waals surface area contributed by atoms with E-state index in [0.29, 0.717) is 6.42 Å². The van der Waals surface area contributed by atoms with Crippen LogP contribution >= 0.6 is 0 Å². The first-order valence-corrected chi connectivity index (χ1v) is 7.04. The first kappa shape index (κ1) is 13.0. The van der Waals surface area contributed by atoms with Gasteiger partial charge in [-0.15, -0.1) is 0 Å². The summed E-state index contributed by atoms with van der Waals surface area (Å²) in [6, 6.07) is 7.76. The topological polar surface area (TPSA) is 69.6 Å². The van der Waals surface area contributed by atoms with Crippen LogP contribution in [0.3, 0.4) is 0 Å². The number of rotatable bonds is 4. The Morgan fingerprint density at radius 1 is 1.10 bits per heavy atom. The second-order valence-corrected chi connectivity index (χ2v) is 5.52. The number of anilines is 2. The molecule has 0 aromatic heterocycles. The molecule has 1 saturated heterocycles. The van der Waals surface area contributed by atoms with Crippen molar-refractivity contribution >= 4 is 23.3 Å². The van der Waals surface area contributed by atoms with Gasteiger partial charge in [-0.2, -0.15) is 0 Å². The molecule has 5 nitrogen and oxygen atoms in total. The summed E-state index contributed by atoms with van der Waals surface area (Å²) in [6.07, 6.45) is 2.92. The van der Waals surface area contributed by atoms with E-state index in [1.54, 1.807) is 0 Å². The molecule has 2 N–H and O–H groups in total. The summed E-state index contributed by atoms with van der Waals surface area (Å²) >= 11 is 0. The highest BCUT2D eigenvalue weighted by Crippen LogP contribution is 2.39. The fraction of sp³-hybridized carbons (Fsp3) is 0.467. The fourth-order valence-corrected chi connectivity index (χ4v) is 2.72. The third-order valence-corrected chi connectivity index (χ3v) is 4.05. The highest BCUT2D eigenvalue weighted by molar-refractivity contribution is 5.98. The highest BCUT2D eigenvalue weighted by Gasteiger charge is 2.48. The number of nitrogens with zero attached hydrogens (tertiary/aromatic N) is 1. The number of aliphatic carboxylic acids is 1. The van der Waals surface area contributed by atoms with Crippen molar-refractivity contribution in [3.63, 3.8) is 0 Å². The van der Waals surface area contributed by atoms with Crippen LogP contribution in [0.2, 0.25) is 0 Å². The highest BCUT2D eigenvalue weighted by atomic mass is 16.4. The minimum atomic E-state index is -0.880. The maximum atomic E-state index is 11.8. The van der Waals surface area contributed by atoms with Crippen molar-refractivity contribution < 1.29 is 14.7 Å². The van der Waals surface area contributed by atoms with Crippen molar-refractivity contribution in [1.82, 2.24) is 0 Å². The van der Waals surface area contributed by atoms with Crippen molar-refractivity contribution in [3.8, 4) is 0 Å².